The number of halogens is 2. The molecule has 2 aromatic carbocycles. The molecule has 4 amide bonds. The molecule has 2 aliphatic heterocycles. The lowest BCUT2D eigenvalue weighted by molar-refractivity contribution is -0.141. The van der Waals surface area contributed by atoms with E-state index in [1.54, 1.807) is 12.1 Å². The Morgan fingerprint density at radius 1 is 0.975 bits per heavy atom. The zero-order valence-electron chi connectivity index (χ0n) is 21.3. The average Bonchev–Trinajstić information content (AvgIpc) is 3.58. The van der Waals surface area contributed by atoms with E-state index in [1.807, 2.05) is 47.9 Å². The fourth-order valence-corrected chi connectivity index (χ4v) is 9.12. The number of phenolic OH excluding ortho intramolecular Hbond substituents is 1. The number of imide groups is 2. The Hall–Kier alpha value is -3.20. The van der Waals surface area contributed by atoms with Crippen LogP contribution in [0.2, 0.25) is 0 Å². The minimum absolute atomic E-state index is 0.0755. The maximum atomic E-state index is 13.9. The first-order chi connectivity index (χ1) is 19.1. The number of likely N-dealkylation sites (tertiary alicyclic amines) is 2. The van der Waals surface area contributed by atoms with Gasteiger partial charge in [0.05, 0.1) is 18.4 Å². The van der Waals surface area contributed by atoms with Crippen molar-refractivity contribution in [3.05, 3.63) is 76.0 Å². The van der Waals surface area contributed by atoms with Gasteiger partial charge in [0, 0.05) is 23.4 Å². The number of carbonyl (C=O) groups excluding carboxylic acids is 4. The maximum Gasteiger partial charge on any atom is 0.253 e. The Morgan fingerprint density at radius 2 is 1.75 bits per heavy atom. The summed E-state index contributed by atoms with van der Waals surface area (Å²) in [7, 11) is 1.35. The Morgan fingerprint density at radius 3 is 2.50 bits per heavy atom. The lowest BCUT2D eigenvalue weighted by atomic mass is 9.56. The summed E-state index contributed by atoms with van der Waals surface area (Å²) in [6, 6.07) is 14.5. The lowest BCUT2D eigenvalue weighted by Gasteiger charge is -2.51. The van der Waals surface area contributed by atoms with Crippen LogP contribution < -0.4 is 0 Å². The van der Waals surface area contributed by atoms with Crippen molar-refractivity contribution >= 4 is 68.9 Å². The molecule has 0 bridgehead atoms. The number of carbonyl (C=O) groups is 4. The number of fused-ring (bicyclic) bond motifs is 5. The first kappa shape index (κ1) is 25.7. The first-order valence-electron chi connectivity index (χ1n) is 13.1. The van der Waals surface area contributed by atoms with E-state index in [9.17, 15) is 24.3 Å². The number of alkyl halides is 2. The van der Waals surface area contributed by atoms with Gasteiger partial charge in [-0.2, -0.15) is 0 Å². The van der Waals surface area contributed by atoms with Crippen LogP contribution in [0.25, 0.3) is 10.8 Å². The highest BCUT2D eigenvalue weighted by molar-refractivity contribution is 7.09. The molecule has 6 atom stereocenters. The van der Waals surface area contributed by atoms with E-state index >= 15 is 0 Å². The highest BCUT2D eigenvalue weighted by Gasteiger charge is 2.76. The Bertz CT molecular complexity index is 1670. The summed E-state index contributed by atoms with van der Waals surface area (Å²) < 4.78 is 0. The van der Waals surface area contributed by atoms with E-state index in [1.165, 1.54) is 23.3 Å². The summed E-state index contributed by atoms with van der Waals surface area (Å²) in [5.41, 5.74) is 1.05. The molecule has 1 N–H and O–H groups in total. The van der Waals surface area contributed by atoms with Gasteiger partial charge >= 0.3 is 0 Å². The molecular weight excluding hydrogens is 571 g/mol. The number of nitrogens with zero attached hydrogens (tertiary/aromatic N) is 2. The molecule has 7 nitrogen and oxygen atoms in total. The topological polar surface area (TPSA) is 95.0 Å². The predicted molar refractivity (Wildman–Crippen MR) is 151 cm³/mol. The number of aromatic hydroxyl groups is 1. The molecule has 3 aromatic rings. The SMILES string of the molecule is CN1C(=O)[C@]2(Cl)C[C@@H]3C(=CC[C@@H]4C(=O)N(Cc5cccs5)C(=O)[C@@H]43)[C@H](c3c(O)ccc4ccccc34)[C@]2(Cl)C1=O. The summed E-state index contributed by atoms with van der Waals surface area (Å²) in [5, 5.41) is 14.7. The van der Waals surface area contributed by atoms with E-state index in [2.05, 4.69) is 0 Å². The van der Waals surface area contributed by atoms with Crippen molar-refractivity contribution < 1.29 is 24.3 Å². The molecule has 0 spiro atoms. The number of benzene rings is 2. The largest absolute Gasteiger partial charge is 0.508 e. The monoisotopic (exact) mass is 594 g/mol. The van der Waals surface area contributed by atoms with E-state index in [0.717, 1.165) is 15.2 Å². The van der Waals surface area contributed by atoms with Crippen molar-refractivity contribution in [2.45, 2.75) is 35.1 Å². The fraction of sp³-hybridized carbons (Fsp3) is 0.333. The van der Waals surface area contributed by atoms with E-state index < -0.39 is 45.2 Å². The summed E-state index contributed by atoms with van der Waals surface area (Å²) in [5.74, 6) is -4.93. The van der Waals surface area contributed by atoms with Crippen LogP contribution in [0, 0.1) is 17.8 Å². The molecule has 2 saturated heterocycles. The Labute approximate surface area is 244 Å². The van der Waals surface area contributed by atoms with Gasteiger partial charge in [-0.25, -0.2) is 0 Å². The fourth-order valence-electron chi connectivity index (χ4n) is 7.43. The van der Waals surface area contributed by atoms with Crippen molar-refractivity contribution in [3.63, 3.8) is 0 Å². The number of allylic oxidation sites excluding steroid dienone is 2. The second-order valence-electron chi connectivity index (χ2n) is 11.1. The minimum atomic E-state index is -1.94. The van der Waals surface area contributed by atoms with Crippen LogP contribution in [0.15, 0.2) is 65.6 Å². The molecular formula is C30H24Cl2N2O5S. The van der Waals surface area contributed by atoms with E-state index in [0.29, 0.717) is 16.5 Å². The van der Waals surface area contributed by atoms with Crippen LogP contribution in [0.5, 0.6) is 5.75 Å². The molecule has 3 fully saturated rings. The molecule has 3 heterocycles. The van der Waals surface area contributed by atoms with Crippen LogP contribution in [0.3, 0.4) is 0 Å². The van der Waals surface area contributed by atoms with Crippen LogP contribution in [-0.2, 0) is 25.7 Å². The van der Waals surface area contributed by atoms with E-state index in [4.69, 9.17) is 23.2 Å². The zero-order valence-corrected chi connectivity index (χ0v) is 23.7. The molecule has 40 heavy (non-hydrogen) atoms. The summed E-state index contributed by atoms with van der Waals surface area (Å²) >= 11 is 16.0. The summed E-state index contributed by atoms with van der Waals surface area (Å²) in [4.78, 5) is 54.2. The van der Waals surface area contributed by atoms with Gasteiger partial charge in [0.1, 0.15) is 5.75 Å². The normalized spacial score (nSPS) is 33.3. The number of amides is 4. The number of thiophene rings is 1. The molecule has 0 unspecified atom stereocenters. The zero-order chi connectivity index (χ0) is 28.1. The van der Waals surface area contributed by atoms with E-state index in [-0.39, 0.29) is 37.0 Å². The molecule has 4 aliphatic rings. The third-order valence-corrected chi connectivity index (χ3v) is 11.5. The number of hydrogen-bond donors (Lipinski definition) is 1. The van der Waals surface area contributed by atoms with Gasteiger partial charge in [0.25, 0.3) is 11.8 Å². The van der Waals surface area contributed by atoms with Crippen molar-refractivity contribution in [3.8, 4) is 5.75 Å². The van der Waals surface area contributed by atoms with Gasteiger partial charge in [-0.1, -0.05) is 48.0 Å². The van der Waals surface area contributed by atoms with Crippen LogP contribution in [-0.4, -0.2) is 55.3 Å². The first-order valence-corrected chi connectivity index (χ1v) is 14.7. The number of phenols is 1. The van der Waals surface area contributed by atoms with Gasteiger partial charge in [-0.15, -0.1) is 34.5 Å². The highest BCUT2D eigenvalue weighted by Crippen LogP contribution is 2.66. The molecule has 0 radical (unpaired) electrons. The van der Waals surface area contributed by atoms with Crippen LogP contribution >= 0.6 is 34.5 Å². The van der Waals surface area contributed by atoms with Crippen molar-refractivity contribution in [2.24, 2.45) is 17.8 Å². The molecule has 1 saturated carbocycles. The van der Waals surface area contributed by atoms with Gasteiger partial charge in [-0.05, 0) is 47.0 Å². The minimum Gasteiger partial charge on any atom is -0.508 e. The van der Waals surface area contributed by atoms with Crippen molar-refractivity contribution in [1.82, 2.24) is 9.80 Å². The van der Waals surface area contributed by atoms with Crippen LogP contribution in [0.1, 0.15) is 29.2 Å². The van der Waals surface area contributed by atoms with Gasteiger partial charge in [0.15, 0.2) is 9.75 Å². The smallest absolute Gasteiger partial charge is 0.253 e. The lowest BCUT2D eigenvalue weighted by Crippen LogP contribution is -2.60. The summed E-state index contributed by atoms with van der Waals surface area (Å²) in [6.45, 7) is 0.184. The molecule has 7 rings (SSSR count). The number of hydrogen-bond acceptors (Lipinski definition) is 6. The molecule has 2 aliphatic carbocycles. The molecule has 204 valence electrons. The average molecular weight is 596 g/mol. The van der Waals surface area contributed by atoms with Crippen molar-refractivity contribution in [1.29, 1.82) is 0 Å². The number of rotatable bonds is 3. The van der Waals surface area contributed by atoms with Gasteiger partial charge in [-0.3, -0.25) is 29.0 Å². The Kier molecular flexibility index (Phi) is 5.57. The molecule has 10 heteroatoms. The quantitative estimate of drug-likeness (QED) is 0.267. The maximum absolute atomic E-state index is 13.9. The summed E-state index contributed by atoms with van der Waals surface area (Å²) in [6.07, 6.45) is 2.09. The van der Waals surface area contributed by atoms with Crippen LogP contribution in [0.4, 0.5) is 0 Å². The Balaban J connectivity index is 1.43. The molecule has 1 aromatic heterocycles. The van der Waals surface area contributed by atoms with Crippen molar-refractivity contribution in [2.75, 3.05) is 7.05 Å². The van der Waals surface area contributed by atoms with Gasteiger partial charge < -0.3 is 5.11 Å². The standard InChI is InChI=1S/C30H24Cl2N2O5S/c1-33-27(38)29(31)13-20-18(9-10-19-22(20)26(37)34(25(19)36)14-16-6-4-12-40-16)24(30(29,32)28(33)39)23-17-7-3-2-5-15(17)8-11-21(23)35/h2-9,11-12,19-20,22,24,35H,10,13-14H2,1H3/t19-,20+,22-,24+,29+,30-/m0/s1. The second kappa shape index (κ2) is 8.65. The second-order valence-corrected chi connectivity index (χ2v) is 13.3. The third-order valence-electron chi connectivity index (χ3n) is 9.24. The van der Waals surface area contributed by atoms with Gasteiger partial charge in [0.2, 0.25) is 11.8 Å². The predicted octanol–water partition coefficient (Wildman–Crippen LogP) is 4.80. The highest BCUT2D eigenvalue weighted by atomic mass is 35.5. The third kappa shape index (κ3) is 3.12.